The van der Waals surface area contributed by atoms with Crippen LogP contribution in [0.15, 0.2) is 29.2 Å². The lowest BCUT2D eigenvalue weighted by Gasteiger charge is -2.26. The summed E-state index contributed by atoms with van der Waals surface area (Å²) >= 11 is 0. The molecule has 6 heteroatoms. The summed E-state index contributed by atoms with van der Waals surface area (Å²) in [7, 11) is -1.81. The Morgan fingerprint density at radius 3 is 2.48 bits per heavy atom. The smallest absolute Gasteiger partial charge is 0.253 e. The van der Waals surface area contributed by atoms with Crippen molar-refractivity contribution in [2.75, 3.05) is 7.05 Å². The zero-order valence-corrected chi connectivity index (χ0v) is 16.5. The minimum absolute atomic E-state index is 0.0121. The Morgan fingerprint density at radius 2 is 1.88 bits per heavy atom. The Balaban J connectivity index is 2.15. The Kier molecular flexibility index (Phi) is 6.63. The van der Waals surface area contributed by atoms with Gasteiger partial charge in [0.25, 0.3) is 5.91 Å². The summed E-state index contributed by atoms with van der Waals surface area (Å²) in [5.74, 6) is 0.346. The SMILES string of the molecule is CC(C)C[C@@H](C)N(C)C(=O)c1cccc(S(=O)(=O)NC2CCCC2)c1. The van der Waals surface area contributed by atoms with E-state index in [4.69, 9.17) is 0 Å². The zero-order valence-electron chi connectivity index (χ0n) is 15.7. The van der Waals surface area contributed by atoms with E-state index in [0.29, 0.717) is 11.5 Å². The summed E-state index contributed by atoms with van der Waals surface area (Å²) in [6.07, 6.45) is 4.79. The molecular weight excluding hydrogens is 336 g/mol. The van der Waals surface area contributed by atoms with Crippen molar-refractivity contribution in [1.29, 1.82) is 0 Å². The largest absolute Gasteiger partial charge is 0.339 e. The van der Waals surface area contributed by atoms with Crippen molar-refractivity contribution < 1.29 is 13.2 Å². The maximum absolute atomic E-state index is 12.7. The minimum Gasteiger partial charge on any atom is -0.339 e. The van der Waals surface area contributed by atoms with Gasteiger partial charge in [-0.25, -0.2) is 13.1 Å². The molecule has 0 aliphatic heterocycles. The molecule has 5 nitrogen and oxygen atoms in total. The first kappa shape index (κ1) is 19.9. The normalized spacial score (nSPS) is 17.0. The van der Waals surface area contributed by atoms with Crippen LogP contribution in [0.5, 0.6) is 0 Å². The van der Waals surface area contributed by atoms with Crippen molar-refractivity contribution in [1.82, 2.24) is 9.62 Å². The van der Waals surface area contributed by atoms with E-state index in [1.165, 1.54) is 6.07 Å². The minimum atomic E-state index is -3.59. The van der Waals surface area contributed by atoms with Crippen LogP contribution in [0.3, 0.4) is 0 Å². The van der Waals surface area contributed by atoms with E-state index in [9.17, 15) is 13.2 Å². The van der Waals surface area contributed by atoms with Crippen molar-refractivity contribution in [3.05, 3.63) is 29.8 Å². The van der Waals surface area contributed by atoms with Crippen LogP contribution in [0.25, 0.3) is 0 Å². The molecule has 1 fully saturated rings. The molecule has 1 saturated carbocycles. The summed E-state index contributed by atoms with van der Waals surface area (Å²) in [6.45, 7) is 6.26. The first-order valence-corrected chi connectivity index (χ1v) is 10.6. The second-order valence-electron chi connectivity index (χ2n) is 7.53. The quantitative estimate of drug-likeness (QED) is 0.804. The highest BCUT2D eigenvalue weighted by Crippen LogP contribution is 2.21. The van der Waals surface area contributed by atoms with Gasteiger partial charge in [-0.2, -0.15) is 0 Å². The maximum atomic E-state index is 12.7. The molecule has 25 heavy (non-hydrogen) atoms. The van der Waals surface area contributed by atoms with Crippen LogP contribution < -0.4 is 4.72 Å². The summed E-state index contributed by atoms with van der Waals surface area (Å²) in [6, 6.07) is 6.46. The van der Waals surface area contributed by atoms with Gasteiger partial charge >= 0.3 is 0 Å². The van der Waals surface area contributed by atoms with E-state index in [2.05, 4.69) is 18.6 Å². The van der Waals surface area contributed by atoms with E-state index in [1.807, 2.05) is 6.92 Å². The first-order chi connectivity index (χ1) is 11.7. The number of nitrogens with one attached hydrogen (secondary N) is 1. The molecule has 1 atom stereocenters. The molecule has 1 N–H and O–H groups in total. The molecule has 1 amide bonds. The highest BCUT2D eigenvalue weighted by atomic mass is 32.2. The number of benzene rings is 1. The van der Waals surface area contributed by atoms with Crippen molar-refractivity contribution in [3.63, 3.8) is 0 Å². The molecule has 0 heterocycles. The number of nitrogens with zero attached hydrogens (tertiary/aromatic N) is 1. The van der Waals surface area contributed by atoms with Gasteiger partial charge in [0.15, 0.2) is 0 Å². The van der Waals surface area contributed by atoms with Crippen LogP contribution in [-0.4, -0.2) is 38.4 Å². The number of sulfonamides is 1. The van der Waals surface area contributed by atoms with Crippen LogP contribution in [0.4, 0.5) is 0 Å². The van der Waals surface area contributed by atoms with E-state index in [-0.39, 0.29) is 22.9 Å². The highest BCUT2D eigenvalue weighted by molar-refractivity contribution is 7.89. The maximum Gasteiger partial charge on any atom is 0.253 e. The predicted molar refractivity (Wildman–Crippen MR) is 100 cm³/mol. The predicted octanol–water partition coefficient (Wildman–Crippen LogP) is 3.41. The van der Waals surface area contributed by atoms with Crippen LogP contribution >= 0.6 is 0 Å². The fourth-order valence-corrected chi connectivity index (χ4v) is 4.72. The van der Waals surface area contributed by atoms with E-state index in [0.717, 1.165) is 32.1 Å². The third kappa shape index (κ3) is 5.28. The lowest BCUT2D eigenvalue weighted by molar-refractivity contribution is 0.0728. The number of hydrogen-bond acceptors (Lipinski definition) is 3. The van der Waals surface area contributed by atoms with Crippen LogP contribution in [0.2, 0.25) is 0 Å². The lowest BCUT2D eigenvalue weighted by atomic mass is 10.0. The number of carbonyl (C=O) groups is 1. The molecule has 0 aromatic heterocycles. The van der Waals surface area contributed by atoms with Crippen molar-refractivity contribution in [2.45, 2.75) is 69.9 Å². The van der Waals surface area contributed by atoms with E-state index >= 15 is 0 Å². The van der Waals surface area contributed by atoms with Crippen molar-refractivity contribution in [3.8, 4) is 0 Å². The van der Waals surface area contributed by atoms with Gasteiger partial charge in [-0.15, -0.1) is 0 Å². The average Bonchev–Trinajstić information content (AvgIpc) is 3.05. The molecule has 2 rings (SSSR count). The standard InChI is InChI=1S/C19H30N2O3S/c1-14(2)12-15(3)21(4)19(22)16-8-7-11-18(13-16)25(23,24)20-17-9-5-6-10-17/h7-8,11,13-15,17,20H,5-6,9-10,12H2,1-4H3/t15-/m1/s1. The van der Waals surface area contributed by atoms with E-state index in [1.54, 1.807) is 30.1 Å². The molecule has 1 aromatic carbocycles. The molecule has 0 saturated heterocycles. The zero-order chi connectivity index (χ0) is 18.6. The van der Waals surface area contributed by atoms with Gasteiger partial charge in [0.2, 0.25) is 10.0 Å². The second kappa shape index (κ2) is 8.32. The number of rotatable bonds is 7. The van der Waals surface area contributed by atoms with E-state index < -0.39 is 10.0 Å². The summed E-state index contributed by atoms with van der Waals surface area (Å²) in [4.78, 5) is 14.6. The third-order valence-electron chi connectivity index (χ3n) is 4.86. The Bertz CT molecular complexity index is 694. The number of carbonyl (C=O) groups excluding carboxylic acids is 1. The Morgan fingerprint density at radius 1 is 1.24 bits per heavy atom. The first-order valence-electron chi connectivity index (χ1n) is 9.10. The molecule has 140 valence electrons. The fourth-order valence-electron chi connectivity index (χ4n) is 3.37. The molecule has 1 aromatic rings. The molecule has 0 radical (unpaired) electrons. The van der Waals surface area contributed by atoms with Crippen LogP contribution in [-0.2, 0) is 10.0 Å². The fraction of sp³-hybridized carbons (Fsp3) is 0.632. The molecular formula is C19H30N2O3S. The third-order valence-corrected chi connectivity index (χ3v) is 6.38. The summed E-state index contributed by atoms with van der Waals surface area (Å²) in [5, 5.41) is 0. The Labute approximate surface area is 151 Å². The highest BCUT2D eigenvalue weighted by Gasteiger charge is 2.24. The number of amides is 1. The van der Waals surface area contributed by atoms with Gasteiger partial charge in [-0.05, 0) is 50.3 Å². The van der Waals surface area contributed by atoms with Gasteiger partial charge in [0.1, 0.15) is 0 Å². The van der Waals surface area contributed by atoms with Gasteiger partial charge < -0.3 is 4.90 Å². The second-order valence-corrected chi connectivity index (χ2v) is 9.24. The molecule has 0 bridgehead atoms. The van der Waals surface area contributed by atoms with Crippen molar-refractivity contribution >= 4 is 15.9 Å². The monoisotopic (exact) mass is 366 g/mol. The van der Waals surface area contributed by atoms with Crippen LogP contribution in [0.1, 0.15) is 63.2 Å². The van der Waals surface area contributed by atoms with Gasteiger partial charge in [0, 0.05) is 24.7 Å². The molecule has 1 aliphatic carbocycles. The summed E-state index contributed by atoms with van der Waals surface area (Å²) in [5.41, 5.74) is 0.410. The van der Waals surface area contributed by atoms with Gasteiger partial charge in [0.05, 0.1) is 4.90 Å². The molecule has 1 aliphatic rings. The number of hydrogen-bond donors (Lipinski definition) is 1. The average molecular weight is 367 g/mol. The summed E-state index contributed by atoms with van der Waals surface area (Å²) < 4.78 is 27.9. The van der Waals surface area contributed by atoms with Crippen LogP contribution in [0, 0.1) is 5.92 Å². The lowest BCUT2D eigenvalue weighted by Crippen LogP contribution is -2.36. The van der Waals surface area contributed by atoms with Crippen molar-refractivity contribution in [2.24, 2.45) is 5.92 Å². The van der Waals surface area contributed by atoms with Gasteiger partial charge in [-0.3, -0.25) is 4.79 Å². The van der Waals surface area contributed by atoms with Gasteiger partial charge in [-0.1, -0.05) is 32.8 Å². The molecule has 0 unspecified atom stereocenters. The Hall–Kier alpha value is -1.40. The molecule has 0 spiro atoms. The topological polar surface area (TPSA) is 66.5 Å².